The minimum atomic E-state index is -0.413. The summed E-state index contributed by atoms with van der Waals surface area (Å²) in [6.07, 6.45) is 3.93. The second-order valence-electron chi connectivity index (χ2n) is 2.61. The van der Waals surface area contributed by atoms with Crippen LogP contribution in [-0.2, 0) is 0 Å². The Labute approximate surface area is 69.6 Å². The molecule has 1 aliphatic heterocycles. The first-order valence-corrected chi connectivity index (χ1v) is 3.71. The highest BCUT2D eigenvalue weighted by atomic mass is 16.1. The zero-order valence-corrected chi connectivity index (χ0v) is 6.45. The van der Waals surface area contributed by atoms with Gasteiger partial charge in [0.05, 0.1) is 5.69 Å². The number of aromatic nitrogens is 1. The van der Waals surface area contributed by atoms with E-state index in [1.807, 2.05) is 18.2 Å². The number of hydrogen-bond donors (Lipinski definition) is 2. The molecule has 0 saturated heterocycles. The first-order chi connectivity index (χ1) is 5.79. The van der Waals surface area contributed by atoms with Crippen LogP contribution in [0.4, 0.5) is 0 Å². The predicted octanol–water partition coefficient (Wildman–Crippen LogP) is 0.157. The van der Waals surface area contributed by atoms with E-state index in [-0.39, 0.29) is 0 Å². The van der Waals surface area contributed by atoms with Crippen LogP contribution in [0.1, 0.15) is 16.2 Å². The summed E-state index contributed by atoms with van der Waals surface area (Å²) < 4.78 is 1.70. The number of carbonyl (C=O) groups is 1. The lowest BCUT2D eigenvalue weighted by molar-refractivity contribution is 0.0993. The molecule has 0 fully saturated rings. The summed E-state index contributed by atoms with van der Waals surface area (Å²) in [4.78, 5) is 10.9. The average molecular weight is 163 g/mol. The van der Waals surface area contributed by atoms with E-state index in [0.717, 1.165) is 12.2 Å². The minimum absolute atomic E-state index is 0.413. The van der Waals surface area contributed by atoms with Gasteiger partial charge in [0.25, 0.3) is 5.91 Å². The van der Waals surface area contributed by atoms with Crippen LogP contribution in [0.15, 0.2) is 18.2 Å². The molecule has 1 aromatic rings. The van der Waals surface area contributed by atoms with E-state index in [4.69, 9.17) is 5.73 Å². The molecular formula is C8H9N3O. The Morgan fingerprint density at radius 1 is 1.58 bits per heavy atom. The van der Waals surface area contributed by atoms with E-state index in [0.29, 0.717) is 5.69 Å². The Kier molecular flexibility index (Phi) is 1.40. The van der Waals surface area contributed by atoms with Crippen molar-refractivity contribution < 1.29 is 4.79 Å². The molecule has 0 aliphatic carbocycles. The van der Waals surface area contributed by atoms with Gasteiger partial charge in [0.2, 0.25) is 0 Å². The smallest absolute Gasteiger partial charge is 0.267 e. The van der Waals surface area contributed by atoms with Gasteiger partial charge in [-0.2, -0.15) is 0 Å². The number of hydrogen-bond acceptors (Lipinski definition) is 2. The number of carbonyl (C=O) groups excluding carboxylic acids is 1. The normalized spacial score (nSPS) is 13.7. The summed E-state index contributed by atoms with van der Waals surface area (Å²) in [5, 5.41) is 0. The van der Waals surface area contributed by atoms with Crippen molar-refractivity contribution in [3.63, 3.8) is 0 Å². The molecule has 1 aromatic heterocycles. The molecule has 4 heteroatoms. The third-order valence-corrected chi connectivity index (χ3v) is 1.82. The van der Waals surface area contributed by atoms with E-state index < -0.39 is 5.91 Å². The number of fused-ring (bicyclic) bond motifs is 1. The number of amides is 1. The van der Waals surface area contributed by atoms with Crippen molar-refractivity contribution in [2.75, 3.05) is 12.0 Å². The number of primary amides is 1. The zero-order valence-electron chi connectivity index (χ0n) is 6.45. The van der Waals surface area contributed by atoms with Gasteiger partial charge in [0.15, 0.2) is 0 Å². The van der Waals surface area contributed by atoms with Crippen LogP contribution < -0.4 is 11.2 Å². The fourth-order valence-corrected chi connectivity index (χ4v) is 1.28. The van der Waals surface area contributed by atoms with Crippen molar-refractivity contribution >= 4 is 12.0 Å². The quantitative estimate of drug-likeness (QED) is 0.619. The number of nitrogens with zero attached hydrogens (tertiary/aromatic N) is 1. The molecule has 2 heterocycles. The highest BCUT2D eigenvalue weighted by Crippen LogP contribution is 2.11. The average Bonchev–Trinajstić information content (AvgIpc) is 2.47. The van der Waals surface area contributed by atoms with Crippen molar-refractivity contribution in [2.24, 2.45) is 5.73 Å². The third-order valence-electron chi connectivity index (χ3n) is 1.82. The minimum Gasteiger partial charge on any atom is -0.364 e. The second kappa shape index (κ2) is 2.41. The van der Waals surface area contributed by atoms with Crippen molar-refractivity contribution in [3.05, 3.63) is 29.6 Å². The monoisotopic (exact) mass is 163 g/mol. The summed E-state index contributed by atoms with van der Waals surface area (Å²) in [6.45, 7) is 0.724. The lowest BCUT2D eigenvalue weighted by Crippen LogP contribution is -2.26. The maximum atomic E-state index is 10.9. The standard InChI is InChI=1S/C8H9N3O/c9-8(12)7-4-3-6-2-1-5-10-11(6)7/h1-4,10H,5H2,(H2,9,12). The first-order valence-electron chi connectivity index (χ1n) is 3.71. The van der Waals surface area contributed by atoms with E-state index in [1.165, 1.54) is 0 Å². The van der Waals surface area contributed by atoms with Crippen molar-refractivity contribution in [3.8, 4) is 0 Å². The second-order valence-corrected chi connectivity index (χ2v) is 2.61. The maximum absolute atomic E-state index is 10.9. The molecule has 0 saturated carbocycles. The Bertz CT molecular complexity index is 351. The Balaban J connectivity index is 2.53. The van der Waals surface area contributed by atoms with E-state index >= 15 is 0 Å². The summed E-state index contributed by atoms with van der Waals surface area (Å²) in [7, 11) is 0. The topological polar surface area (TPSA) is 60.1 Å². The molecule has 0 radical (unpaired) electrons. The molecule has 2 rings (SSSR count). The Morgan fingerprint density at radius 2 is 2.42 bits per heavy atom. The van der Waals surface area contributed by atoms with Crippen molar-refractivity contribution in [1.82, 2.24) is 4.68 Å². The fraction of sp³-hybridized carbons (Fsp3) is 0.125. The van der Waals surface area contributed by atoms with Crippen LogP contribution in [0.25, 0.3) is 6.08 Å². The summed E-state index contributed by atoms with van der Waals surface area (Å²) in [6, 6.07) is 3.56. The lowest BCUT2D eigenvalue weighted by Gasteiger charge is -2.14. The summed E-state index contributed by atoms with van der Waals surface area (Å²) in [5.41, 5.74) is 9.63. The van der Waals surface area contributed by atoms with Crippen LogP contribution in [0.2, 0.25) is 0 Å². The first kappa shape index (κ1) is 6.97. The SMILES string of the molecule is NC(=O)c1ccc2n1NCC=C2. The largest absolute Gasteiger partial charge is 0.364 e. The van der Waals surface area contributed by atoms with Gasteiger partial charge in [-0.1, -0.05) is 6.08 Å². The molecule has 0 aromatic carbocycles. The molecule has 0 unspecified atom stereocenters. The Hall–Kier alpha value is -1.71. The number of nitrogens with one attached hydrogen (secondary N) is 1. The molecule has 3 N–H and O–H groups in total. The van der Waals surface area contributed by atoms with Gasteiger partial charge < -0.3 is 11.2 Å². The van der Waals surface area contributed by atoms with Gasteiger partial charge in [0, 0.05) is 6.54 Å². The molecule has 12 heavy (non-hydrogen) atoms. The van der Waals surface area contributed by atoms with Gasteiger partial charge in [0.1, 0.15) is 5.69 Å². The van der Waals surface area contributed by atoms with E-state index in [9.17, 15) is 4.79 Å². The maximum Gasteiger partial charge on any atom is 0.267 e. The summed E-state index contributed by atoms with van der Waals surface area (Å²) >= 11 is 0. The molecule has 4 nitrogen and oxygen atoms in total. The summed E-state index contributed by atoms with van der Waals surface area (Å²) in [5.74, 6) is -0.413. The van der Waals surface area contributed by atoms with Crippen LogP contribution in [0.3, 0.4) is 0 Å². The molecule has 62 valence electrons. The molecule has 0 bridgehead atoms. The van der Waals surface area contributed by atoms with Crippen LogP contribution >= 0.6 is 0 Å². The van der Waals surface area contributed by atoms with Gasteiger partial charge in [-0.3, -0.25) is 9.47 Å². The molecule has 0 spiro atoms. The molecule has 1 amide bonds. The zero-order chi connectivity index (χ0) is 8.55. The van der Waals surface area contributed by atoms with E-state index in [1.54, 1.807) is 10.7 Å². The predicted molar refractivity (Wildman–Crippen MR) is 46.2 cm³/mol. The lowest BCUT2D eigenvalue weighted by atomic mass is 10.3. The fourth-order valence-electron chi connectivity index (χ4n) is 1.28. The van der Waals surface area contributed by atoms with Gasteiger partial charge in [-0.25, -0.2) is 0 Å². The van der Waals surface area contributed by atoms with Gasteiger partial charge in [-0.15, -0.1) is 0 Å². The van der Waals surface area contributed by atoms with Crippen LogP contribution in [-0.4, -0.2) is 17.1 Å². The van der Waals surface area contributed by atoms with Crippen molar-refractivity contribution in [1.29, 1.82) is 0 Å². The molecule has 1 aliphatic rings. The Morgan fingerprint density at radius 3 is 3.17 bits per heavy atom. The van der Waals surface area contributed by atoms with Crippen molar-refractivity contribution in [2.45, 2.75) is 0 Å². The highest BCUT2D eigenvalue weighted by Gasteiger charge is 2.11. The number of rotatable bonds is 1. The van der Waals surface area contributed by atoms with E-state index in [2.05, 4.69) is 5.43 Å². The van der Waals surface area contributed by atoms with Crippen LogP contribution in [0.5, 0.6) is 0 Å². The van der Waals surface area contributed by atoms with Gasteiger partial charge >= 0.3 is 0 Å². The third kappa shape index (κ3) is 0.887. The number of nitrogens with two attached hydrogens (primary N) is 1. The molecule has 0 atom stereocenters. The highest BCUT2D eigenvalue weighted by molar-refractivity contribution is 5.92. The van der Waals surface area contributed by atoms with Crippen LogP contribution in [0, 0.1) is 0 Å². The molecular weight excluding hydrogens is 154 g/mol. The van der Waals surface area contributed by atoms with Gasteiger partial charge in [-0.05, 0) is 18.2 Å².